The van der Waals surface area contributed by atoms with Gasteiger partial charge in [0.05, 0.1) is 29.7 Å². The van der Waals surface area contributed by atoms with E-state index in [4.69, 9.17) is 27.9 Å². The first-order valence-electron chi connectivity index (χ1n) is 11.4. The number of hydrogen-bond acceptors (Lipinski definition) is 5. The van der Waals surface area contributed by atoms with Crippen molar-refractivity contribution in [3.8, 4) is 17.3 Å². The number of rotatable bonds is 5. The number of hydrogen-bond donors (Lipinski definition) is 0. The lowest BCUT2D eigenvalue weighted by Crippen LogP contribution is -2.31. The van der Waals surface area contributed by atoms with Crippen LogP contribution in [0.15, 0.2) is 59.8 Å². The minimum atomic E-state index is -0.438. The Balaban J connectivity index is 1.58. The third-order valence-electron chi connectivity index (χ3n) is 6.65. The van der Waals surface area contributed by atoms with Crippen LogP contribution in [-0.2, 0) is 7.05 Å². The molecule has 0 N–H and O–H groups in total. The summed E-state index contributed by atoms with van der Waals surface area (Å²) in [5, 5.41) is 0.657. The first-order valence-corrected chi connectivity index (χ1v) is 12.2. The summed E-state index contributed by atoms with van der Waals surface area (Å²) in [6.45, 7) is 0. The lowest BCUT2D eigenvalue weighted by molar-refractivity contribution is 0.0993. The lowest BCUT2D eigenvalue weighted by Gasteiger charge is -2.28. The van der Waals surface area contributed by atoms with Crippen LogP contribution in [0, 0.1) is 0 Å². The number of methoxy groups -OCH3 is 1. The Kier molecular flexibility index (Phi) is 5.39. The molecule has 0 bridgehead atoms. The molecular weight excluding hydrogens is 501 g/mol. The molecule has 1 aliphatic heterocycles. The third-order valence-corrected chi connectivity index (χ3v) is 7.17. The van der Waals surface area contributed by atoms with Crippen LogP contribution >= 0.6 is 23.2 Å². The van der Waals surface area contributed by atoms with Crippen LogP contribution in [0.4, 0.5) is 5.69 Å². The number of anilines is 1. The number of amides is 1. The van der Waals surface area contributed by atoms with E-state index in [0.717, 1.165) is 35.4 Å². The molecule has 0 radical (unpaired) electrons. The maximum absolute atomic E-state index is 14.0. The SMILES string of the molecule is COc1ncc(-c2cc3c(n2C2CC2)C(c2ccc(Cl)cc2)N(c2cc(Cl)c(=O)n(C)c2)C3=O)cn1. The first-order chi connectivity index (χ1) is 17.4. The lowest BCUT2D eigenvalue weighted by atomic mass is 10.0. The van der Waals surface area contributed by atoms with Gasteiger partial charge in [0, 0.05) is 42.3 Å². The molecule has 0 spiro atoms. The molecule has 36 heavy (non-hydrogen) atoms. The monoisotopic (exact) mass is 521 g/mol. The fourth-order valence-electron chi connectivity index (χ4n) is 4.87. The second-order valence-electron chi connectivity index (χ2n) is 8.98. The van der Waals surface area contributed by atoms with Crippen molar-refractivity contribution in [3.05, 3.63) is 92.2 Å². The predicted octanol–water partition coefficient (Wildman–Crippen LogP) is 5.04. The largest absolute Gasteiger partial charge is 0.467 e. The predicted molar refractivity (Wildman–Crippen MR) is 137 cm³/mol. The molecule has 1 fully saturated rings. The smallest absolute Gasteiger partial charge is 0.316 e. The van der Waals surface area contributed by atoms with Gasteiger partial charge in [0.25, 0.3) is 11.5 Å². The zero-order chi connectivity index (χ0) is 25.1. The Morgan fingerprint density at radius 2 is 1.72 bits per heavy atom. The minimum absolute atomic E-state index is 0.0513. The summed E-state index contributed by atoms with van der Waals surface area (Å²) in [6, 6.07) is 11.0. The highest BCUT2D eigenvalue weighted by Crippen LogP contribution is 2.50. The van der Waals surface area contributed by atoms with Crippen molar-refractivity contribution in [1.29, 1.82) is 0 Å². The van der Waals surface area contributed by atoms with Gasteiger partial charge >= 0.3 is 6.01 Å². The Morgan fingerprint density at radius 3 is 2.33 bits per heavy atom. The van der Waals surface area contributed by atoms with E-state index < -0.39 is 6.04 Å². The molecule has 4 heterocycles. The van der Waals surface area contributed by atoms with E-state index in [1.54, 1.807) is 36.6 Å². The number of carbonyl (C=O) groups is 1. The van der Waals surface area contributed by atoms with Crippen LogP contribution in [0.5, 0.6) is 6.01 Å². The highest BCUT2D eigenvalue weighted by atomic mass is 35.5. The van der Waals surface area contributed by atoms with Crippen molar-refractivity contribution in [2.45, 2.75) is 24.9 Å². The van der Waals surface area contributed by atoms with Crippen molar-refractivity contribution in [3.63, 3.8) is 0 Å². The van der Waals surface area contributed by atoms with Gasteiger partial charge < -0.3 is 13.9 Å². The maximum atomic E-state index is 14.0. The molecule has 1 aliphatic carbocycles. The van der Waals surface area contributed by atoms with Crippen molar-refractivity contribution < 1.29 is 9.53 Å². The van der Waals surface area contributed by atoms with E-state index in [2.05, 4.69) is 14.5 Å². The minimum Gasteiger partial charge on any atom is -0.467 e. The van der Waals surface area contributed by atoms with Crippen molar-refractivity contribution >= 4 is 34.8 Å². The highest BCUT2D eigenvalue weighted by molar-refractivity contribution is 6.31. The van der Waals surface area contributed by atoms with Crippen molar-refractivity contribution in [1.82, 2.24) is 19.1 Å². The summed E-state index contributed by atoms with van der Waals surface area (Å²) in [4.78, 5) is 36.5. The van der Waals surface area contributed by atoms with E-state index in [-0.39, 0.29) is 28.5 Å². The number of carbonyl (C=O) groups excluding carboxylic acids is 1. The van der Waals surface area contributed by atoms with Crippen molar-refractivity contribution in [2.75, 3.05) is 12.0 Å². The van der Waals surface area contributed by atoms with Gasteiger partial charge in [-0.05, 0) is 42.7 Å². The van der Waals surface area contributed by atoms with E-state index in [0.29, 0.717) is 16.3 Å². The second-order valence-corrected chi connectivity index (χ2v) is 9.82. The van der Waals surface area contributed by atoms with E-state index >= 15 is 0 Å². The van der Waals surface area contributed by atoms with Crippen LogP contribution < -0.4 is 15.2 Å². The zero-order valence-corrected chi connectivity index (χ0v) is 21.0. The van der Waals surface area contributed by atoms with Crippen LogP contribution in [-0.4, -0.2) is 32.1 Å². The van der Waals surface area contributed by atoms with Gasteiger partial charge in [0.15, 0.2) is 0 Å². The molecule has 6 rings (SSSR count). The topological polar surface area (TPSA) is 82.2 Å². The van der Waals surface area contributed by atoms with Crippen LogP contribution in [0.25, 0.3) is 11.3 Å². The quantitative estimate of drug-likeness (QED) is 0.367. The highest BCUT2D eigenvalue weighted by Gasteiger charge is 2.45. The molecule has 0 saturated heterocycles. The summed E-state index contributed by atoms with van der Waals surface area (Å²) in [6.07, 6.45) is 7.08. The standard InChI is InChI=1S/C26H21Cl2N5O3/c1-31-13-18(9-20(28)25(31)35)33-22(14-3-5-16(27)6-4-14)23-19(24(33)34)10-21(32(23)17-7-8-17)15-11-29-26(36-2)30-12-15/h3-6,9-13,17,22H,7-8H2,1-2H3. The number of aryl methyl sites for hydroxylation is 1. The number of benzene rings is 1. The molecular formula is C26H21Cl2N5O3. The summed E-state index contributed by atoms with van der Waals surface area (Å²) in [5.41, 5.74) is 4.29. The Bertz CT molecular complexity index is 1530. The molecule has 1 aromatic carbocycles. The normalized spacial score (nSPS) is 16.9. The van der Waals surface area contributed by atoms with Gasteiger partial charge in [-0.25, -0.2) is 9.97 Å². The van der Waals surface area contributed by atoms with E-state index in [9.17, 15) is 9.59 Å². The molecule has 3 aromatic heterocycles. The molecule has 1 saturated carbocycles. The second kappa shape index (κ2) is 8.50. The molecule has 8 nitrogen and oxygen atoms in total. The number of aromatic nitrogens is 4. The first kappa shape index (κ1) is 22.8. The fourth-order valence-corrected chi connectivity index (χ4v) is 5.24. The van der Waals surface area contributed by atoms with Gasteiger partial charge in [-0.2, -0.15) is 0 Å². The Labute approximate surface area is 216 Å². The van der Waals surface area contributed by atoms with Gasteiger partial charge in [-0.3, -0.25) is 14.5 Å². The molecule has 182 valence electrons. The molecule has 1 atom stereocenters. The average Bonchev–Trinajstić information content (AvgIpc) is 3.58. The number of pyridine rings is 1. The third kappa shape index (κ3) is 3.60. The van der Waals surface area contributed by atoms with Crippen LogP contribution in [0.3, 0.4) is 0 Å². The number of nitrogens with zero attached hydrogens (tertiary/aromatic N) is 5. The van der Waals surface area contributed by atoms with E-state index in [1.807, 2.05) is 30.3 Å². The summed E-state index contributed by atoms with van der Waals surface area (Å²) in [7, 11) is 3.14. The molecule has 1 unspecified atom stereocenters. The van der Waals surface area contributed by atoms with Gasteiger partial charge in [0.1, 0.15) is 11.1 Å². The fraction of sp³-hybridized carbons (Fsp3) is 0.231. The van der Waals surface area contributed by atoms with Gasteiger partial charge in [-0.15, -0.1) is 0 Å². The number of ether oxygens (including phenoxy) is 1. The Hall–Kier alpha value is -3.62. The summed E-state index contributed by atoms with van der Waals surface area (Å²) in [5.74, 6) is -0.172. The number of fused-ring (bicyclic) bond motifs is 1. The average molecular weight is 522 g/mol. The Morgan fingerprint density at radius 1 is 1.03 bits per heavy atom. The zero-order valence-electron chi connectivity index (χ0n) is 19.5. The van der Waals surface area contributed by atoms with E-state index in [1.165, 1.54) is 11.7 Å². The summed E-state index contributed by atoms with van der Waals surface area (Å²) < 4.78 is 8.74. The molecule has 4 aromatic rings. The van der Waals surface area contributed by atoms with Crippen molar-refractivity contribution in [2.24, 2.45) is 7.05 Å². The summed E-state index contributed by atoms with van der Waals surface area (Å²) >= 11 is 12.4. The van der Waals surface area contributed by atoms with Gasteiger partial charge in [0.2, 0.25) is 0 Å². The number of halogens is 2. The van der Waals surface area contributed by atoms with Crippen LogP contribution in [0.1, 0.15) is 46.5 Å². The van der Waals surface area contributed by atoms with Gasteiger partial charge in [-0.1, -0.05) is 35.3 Å². The molecule has 10 heteroatoms. The van der Waals surface area contributed by atoms with Crippen LogP contribution in [0.2, 0.25) is 10.0 Å². The maximum Gasteiger partial charge on any atom is 0.316 e. The molecule has 2 aliphatic rings. The molecule has 1 amide bonds.